The van der Waals surface area contributed by atoms with Gasteiger partial charge in [0.15, 0.2) is 0 Å². The van der Waals surface area contributed by atoms with Gasteiger partial charge in [0.25, 0.3) is 0 Å². The zero-order valence-corrected chi connectivity index (χ0v) is 13.5. The van der Waals surface area contributed by atoms with Gasteiger partial charge in [-0.3, -0.25) is 0 Å². The maximum atomic E-state index is 12.9. The number of benzene rings is 2. The fourth-order valence-electron chi connectivity index (χ4n) is 1.99. The van der Waals surface area contributed by atoms with Crippen LogP contribution in [0.4, 0.5) is 4.39 Å². The highest BCUT2D eigenvalue weighted by atomic mass is 32.2. The highest BCUT2D eigenvalue weighted by molar-refractivity contribution is 7.89. The first-order chi connectivity index (χ1) is 11.4. The van der Waals surface area contributed by atoms with Gasteiger partial charge in [0, 0.05) is 5.56 Å². The highest BCUT2D eigenvalue weighted by Gasteiger charge is 2.16. The number of aromatic nitrogens is 2. The Morgan fingerprint density at radius 3 is 2.38 bits per heavy atom. The van der Waals surface area contributed by atoms with Crippen LogP contribution in [0.5, 0.6) is 0 Å². The molecular formula is C16H14FN3O3S. The van der Waals surface area contributed by atoms with Crippen molar-refractivity contribution in [2.75, 3.05) is 0 Å². The Labute approximate surface area is 138 Å². The summed E-state index contributed by atoms with van der Waals surface area (Å²) in [7, 11) is -3.66. The molecule has 0 radical (unpaired) electrons. The molecule has 24 heavy (non-hydrogen) atoms. The van der Waals surface area contributed by atoms with E-state index in [1.54, 1.807) is 12.1 Å². The molecule has 0 spiro atoms. The predicted octanol–water partition coefficient (Wildman–Crippen LogP) is 2.66. The number of nitrogens with one attached hydrogen (secondary N) is 1. The molecule has 8 heteroatoms. The standard InChI is InChI=1S/C16H14FN3O3S/c1-11-2-8-14(9-3-11)24(21,22)18-10-15-19-20-16(23-15)12-4-6-13(17)7-5-12/h2-9,18H,10H2,1H3. The maximum Gasteiger partial charge on any atom is 0.247 e. The molecule has 124 valence electrons. The van der Waals surface area contributed by atoms with E-state index in [4.69, 9.17) is 4.42 Å². The Hall–Kier alpha value is -2.58. The Bertz CT molecular complexity index is 935. The molecule has 3 aromatic rings. The van der Waals surface area contributed by atoms with E-state index in [1.165, 1.54) is 36.4 Å². The molecule has 0 saturated heterocycles. The van der Waals surface area contributed by atoms with Crippen LogP contribution in [0.1, 0.15) is 11.5 Å². The third kappa shape index (κ3) is 3.66. The number of hydrogen-bond acceptors (Lipinski definition) is 5. The van der Waals surface area contributed by atoms with Gasteiger partial charge in [0.2, 0.25) is 21.8 Å². The van der Waals surface area contributed by atoms with Gasteiger partial charge in [-0.15, -0.1) is 10.2 Å². The van der Waals surface area contributed by atoms with Crippen LogP contribution in [0.25, 0.3) is 11.5 Å². The molecule has 0 amide bonds. The van der Waals surface area contributed by atoms with Gasteiger partial charge in [-0.1, -0.05) is 17.7 Å². The van der Waals surface area contributed by atoms with Crippen molar-refractivity contribution >= 4 is 10.0 Å². The monoisotopic (exact) mass is 347 g/mol. The van der Waals surface area contributed by atoms with Gasteiger partial charge in [-0.05, 0) is 43.3 Å². The van der Waals surface area contributed by atoms with E-state index >= 15 is 0 Å². The molecule has 0 unspecified atom stereocenters. The predicted molar refractivity (Wildman–Crippen MR) is 84.9 cm³/mol. The third-order valence-corrected chi connectivity index (χ3v) is 4.72. The summed E-state index contributed by atoms with van der Waals surface area (Å²) in [6, 6.07) is 12.0. The molecule has 6 nitrogen and oxygen atoms in total. The molecule has 0 aliphatic carbocycles. The molecule has 1 N–H and O–H groups in total. The van der Waals surface area contributed by atoms with E-state index in [0.717, 1.165) is 5.56 Å². The number of aryl methyl sites for hydroxylation is 1. The summed E-state index contributed by atoms with van der Waals surface area (Å²) in [5.74, 6) is -0.0612. The summed E-state index contributed by atoms with van der Waals surface area (Å²) >= 11 is 0. The van der Waals surface area contributed by atoms with E-state index < -0.39 is 10.0 Å². The van der Waals surface area contributed by atoms with Gasteiger partial charge in [-0.2, -0.15) is 0 Å². The zero-order valence-electron chi connectivity index (χ0n) is 12.7. The molecule has 0 aliphatic heterocycles. The molecule has 2 aromatic carbocycles. The minimum atomic E-state index is -3.66. The first-order valence-electron chi connectivity index (χ1n) is 7.09. The lowest BCUT2D eigenvalue weighted by atomic mass is 10.2. The van der Waals surface area contributed by atoms with E-state index in [0.29, 0.717) is 5.56 Å². The van der Waals surface area contributed by atoms with Crippen molar-refractivity contribution in [3.05, 3.63) is 65.8 Å². The van der Waals surface area contributed by atoms with Crippen LogP contribution >= 0.6 is 0 Å². The summed E-state index contributed by atoms with van der Waals surface area (Å²) in [5, 5.41) is 7.62. The second-order valence-corrected chi connectivity index (χ2v) is 6.91. The second kappa shape index (κ2) is 6.50. The second-order valence-electron chi connectivity index (χ2n) is 5.15. The Balaban J connectivity index is 1.71. The molecule has 0 aliphatic rings. The fraction of sp³-hybridized carbons (Fsp3) is 0.125. The molecule has 0 saturated carbocycles. The van der Waals surface area contributed by atoms with Crippen LogP contribution in [-0.4, -0.2) is 18.6 Å². The van der Waals surface area contributed by atoms with Gasteiger partial charge in [0.1, 0.15) is 5.82 Å². The van der Waals surface area contributed by atoms with Crippen molar-refractivity contribution in [3.63, 3.8) is 0 Å². The van der Waals surface area contributed by atoms with Crippen LogP contribution in [0.3, 0.4) is 0 Å². The Morgan fingerprint density at radius 1 is 1.04 bits per heavy atom. The molecule has 1 aromatic heterocycles. The van der Waals surface area contributed by atoms with Crippen molar-refractivity contribution in [1.82, 2.24) is 14.9 Å². The van der Waals surface area contributed by atoms with Crippen LogP contribution in [0, 0.1) is 12.7 Å². The lowest BCUT2D eigenvalue weighted by Gasteiger charge is -2.04. The molecule has 3 rings (SSSR count). The summed E-state index contributed by atoms with van der Waals surface area (Å²) in [6.07, 6.45) is 0. The van der Waals surface area contributed by atoms with Crippen molar-refractivity contribution < 1.29 is 17.2 Å². The smallest absolute Gasteiger partial charge is 0.247 e. The fourth-order valence-corrected chi connectivity index (χ4v) is 2.97. The van der Waals surface area contributed by atoms with Gasteiger partial charge < -0.3 is 4.42 Å². The van der Waals surface area contributed by atoms with E-state index in [9.17, 15) is 12.8 Å². The largest absolute Gasteiger partial charge is 0.419 e. The van der Waals surface area contributed by atoms with Crippen molar-refractivity contribution in [2.45, 2.75) is 18.4 Å². The van der Waals surface area contributed by atoms with E-state index in [2.05, 4.69) is 14.9 Å². The summed E-state index contributed by atoms with van der Waals surface area (Å²) in [4.78, 5) is 0.159. The quantitative estimate of drug-likeness (QED) is 0.767. The topological polar surface area (TPSA) is 85.1 Å². The summed E-state index contributed by atoms with van der Waals surface area (Å²) < 4.78 is 45.1. The minimum absolute atomic E-state index is 0.116. The number of nitrogens with zero attached hydrogens (tertiary/aromatic N) is 2. The number of hydrogen-bond donors (Lipinski definition) is 1. The van der Waals surface area contributed by atoms with Gasteiger partial charge in [-0.25, -0.2) is 17.5 Å². The van der Waals surface area contributed by atoms with Crippen molar-refractivity contribution in [2.24, 2.45) is 0 Å². The van der Waals surface area contributed by atoms with Gasteiger partial charge in [0.05, 0.1) is 11.4 Å². The zero-order chi connectivity index (χ0) is 17.2. The number of halogens is 1. The number of sulfonamides is 1. The van der Waals surface area contributed by atoms with Crippen LogP contribution in [-0.2, 0) is 16.6 Å². The molecule has 0 atom stereocenters. The highest BCUT2D eigenvalue weighted by Crippen LogP contribution is 2.18. The summed E-state index contributed by atoms with van der Waals surface area (Å²) in [5.41, 5.74) is 1.52. The van der Waals surface area contributed by atoms with E-state index in [1.807, 2.05) is 6.92 Å². The molecule has 0 fully saturated rings. The van der Waals surface area contributed by atoms with Crippen LogP contribution in [0.15, 0.2) is 57.8 Å². The molecule has 0 bridgehead atoms. The van der Waals surface area contributed by atoms with Crippen LogP contribution < -0.4 is 4.72 Å². The third-order valence-electron chi connectivity index (χ3n) is 3.30. The first kappa shape index (κ1) is 16.3. The first-order valence-corrected chi connectivity index (χ1v) is 8.57. The summed E-state index contributed by atoms with van der Waals surface area (Å²) in [6.45, 7) is 1.74. The van der Waals surface area contributed by atoms with Gasteiger partial charge >= 0.3 is 0 Å². The Kier molecular flexibility index (Phi) is 4.41. The van der Waals surface area contributed by atoms with Crippen molar-refractivity contribution in [3.8, 4) is 11.5 Å². The van der Waals surface area contributed by atoms with Crippen LogP contribution in [0.2, 0.25) is 0 Å². The lowest BCUT2D eigenvalue weighted by Crippen LogP contribution is -2.23. The average molecular weight is 347 g/mol. The average Bonchev–Trinajstić information content (AvgIpc) is 3.03. The van der Waals surface area contributed by atoms with E-state index in [-0.39, 0.29) is 29.0 Å². The lowest BCUT2D eigenvalue weighted by molar-refractivity contribution is 0.494. The Morgan fingerprint density at radius 2 is 1.71 bits per heavy atom. The molecular weight excluding hydrogens is 333 g/mol. The normalized spacial score (nSPS) is 11.6. The SMILES string of the molecule is Cc1ccc(S(=O)(=O)NCc2nnc(-c3ccc(F)cc3)o2)cc1. The minimum Gasteiger partial charge on any atom is -0.419 e. The molecule has 1 heterocycles. The number of rotatable bonds is 5. The maximum absolute atomic E-state index is 12.9. The van der Waals surface area contributed by atoms with Crippen molar-refractivity contribution in [1.29, 1.82) is 0 Å².